The zero-order valence-electron chi connectivity index (χ0n) is 10.9. The van der Waals surface area contributed by atoms with Gasteiger partial charge >= 0.3 is 0 Å². The fraction of sp³-hybridized carbons (Fsp3) is 0.385. The van der Waals surface area contributed by atoms with E-state index in [4.69, 9.17) is 5.73 Å². The Kier molecular flexibility index (Phi) is 5.32. The number of nitrogens with one attached hydrogen (secondary N) is 2. The number of hydrogen-bond acceptors (Lipinski definition) is 4. The SMILES string of the molecule is NC(=O)C1CNCCN1CC(=O)Nc1cccc(I)c1. The van der Waals surface area contributed by atoms with Gasteiger partial charge in [-0.1, -0.05) is 6.07 Å². The molecule has 1 aliphatic rings. The number of nitrogens with two attached hydrogens (primary N) is 1. The Balaban J connectivity index is 1.94. The molecule has 1 heterocycles. The predicted molar refractivity (Wildman–Crippen MR) is 85.2 cm³/mol. The second kappa shape index (κ2) is 7.00. The monoisotopic (exact) mass is 388 g/mol. The zero-order valence-corrected chi connectivity index (χ0v) is 13.1. The first-order valence-electron chi connectivity index (χ1n) is 6.36. The molecule has 20 heavy (non-hydrogen) atoms. The Morgan fingerprint density at radius 1 is 1.50 bits per heavy atom. The Morgan fingerprint density at radius 3 is 3.00 bits per heavy atom. The van der Waals surface area contributed by atoms with Crippen LogP contribution in [0.15, 0.2) is 24.3 Å². The highest BCUT2D eigenvalue weighted by Gasteiger charge is 2.28. The van der Waals surface area contributed by atoms with E-state index in [9.17, 15) is 9.59 Å². The van der Waals surface area contributed by atoms with E-state index in [2.05, 4.69) is 33.2 Å². The molecular weight excluding hydrogens is 371 g/mol. The quantitative estimate of drug-likeness (QED) is 0.634. The summed E-state index contributed by atoms with van der Waals surface area (Å²) in [6, 6.07) is 7.14. The first kappa shape index (κ1) is 15.2. The van der Waals surface area contributed by atoms with Crippen molar-refractivity contribution >= 4 is 40.1 Å². The van der Waals surface area contributed by atoms with E-state index >= 15 is 0 Å². The van der Waals surface area contributed by atoms with Crippen LogP contribution in [0.3, 0.4) is 0 Å². The zero-order chi connectivity index (χ0) is 14.5. The van der Waals surface area contributed by atoms with Crippen LogP contribution in [0.25, 0.3) is 0 Å². The average molecular weight is 388 g/mol. The summed E-state index contributed by atoms with van der Waals surface area (Å²) in [6.07, 6.45) is 0. The molecule has 1 unspecified atom stereocenters. The van der Waals surface area contributed by atoms with Crippen LogP contribution in [0.2, 0.25) is 0 Å². The molecule has 0 bridgehead atoms. The summed E-state index contributed by atoms with van der Waals surface area (Å²) in [5, 5.41) is 5.93. The van der Waals surface area contributed by atoms with E-state index in [0.29, 0.717) is 13.1 Å². The minimum Gasteiger partial charge on any atom is -0.368 e. The topological polar surface area (TPSA) is 87.5 Å². The first-order valence-corrected chi connectivity index (χ1v) is 7.43. The third kappa shape index (κ3) is 4.15. The Labute approximate surface area is 131 Å². The van der Waals surface area contributed by atoms with Crippen molar-refractivity contribution in [3.8, 4) is 0 Å². The van der Waals surface area contributed by atoms with Gasteiger partial charge in [0.25, 0.3) is 0 Å². The number of anilines is 1. The van der Waals surface area contributed by atoms with Crippen LogP contribution >= 0.6 is 22.6 Å². The number of benzene rings is 1. The minimum atomic E-state index is -0.426. The maximum atomic E-state index is 12.0. The van der Waals surface area contributed by atoms with E-state index in [1.807, 2.05) is 29.2 Å². The van der Waals surface area contributed by atoms with Gasteiger partial charge in [-0.3, -0.25) is 14.5 Å². The number of nitrogens with zero attached hydrogens (tertiary/aromatic N) is 1. The summed E-state index contributed by atoms with van der Waals surface area (Å²) < 4.78 is 1.05. The molecule has 2 amide bonds. The fourth-order valence-electron chi connectivity index (χ4n) is 2.17. The highest BCUT2D eigenvalue weighted by Crippen LogP contribution is 2.12. The third-order valence-corrected chi connectivity index (χ3v) is 3.81. The smallest absolute Gasteiger partial charge is 0.238 e. The van der Waals surface area contributed by atoms with E-state index < -0.39 is 11.9 Å². The number of halogens is 1. The predicted octanol–water partition coefficient (Wildman–Crippen LogP) is -0.0112. The van der Waals surface area contributed by atoms with Crippen molar-refractivity contribution in [1.29, 1.82) is 0 Å². The van der Waals surface area contributed by atoms with E-state index in [1.165, 1.54) is 0 Å². The number of rotatable bonds is 4. The fourth-order valence-corrected chi connectivity index (χ4v) is 2.71. The van der Waals surface area contributed by atoms with Crippen LogP contribution in [-0.4, -0.2) is 48.9 Å². The lowest BCUT2D eigenvalue weighted by atomic mass is 10.2. The van der Waals surface area contributed by atoms with E-state index in [-0.39, 0.29) is 12.5 Å². The average Bonchev–Trinajstić information content (AvgIpc) is 2.38. The van der Waals surface area contributed by atoms with E-state index in [0.717, 1.165) is 15.8 Å². The van der Waals surface area contributed by atoms with Crippen LogP contribution < -0.4 is 16.4 Å². The van der Waals surface area contributed by atoms with Crippen molar-refractivity contribution in [2.24, 2.45) is 5.73 Å². The molecule has 0 aromatic heterocycles. The van der Waals surface area contributed by atoms with Gasteiger partial charge < -0.3 is 16.4 Å². The van der Waals surface area contributed by atoms with Gasteiger partial charge in [0.1, 0.15) is 6.04 Å². The lowest BCUT2D eigenvalue weighted by Gasteiger charge is -2.33. The van der Waals surface area contributed by atoms with Gasteiger partial charge in [-0.05, 0) is 40.8 Å². The molecule has 6 nitrogen and oxygen atoms in total. The molecule has 1 aliphatic heterocycles. The number of carbonyl (C=O) groups is 2. The van der Waals surface area contributed by atoms with Crippen LogP contribution in [0.5, 0.6) is 0 Å². The van der Waals surface area contributed by atoms with Crippen LogP contribution in [0, 0.1) is 3.57 Å². The molecule has 108 valence electrons. The van der Waals surface area contributed by atoms with Gasteiger partial charge in [0.05, 0.1) is 6.54 Å². The maximum Gasteiger partial charge on any atom is 0.238 e. The molecule has 1 atom stereocenters. The summed E-state index contributed by atoms with van der Waals surface area (Å²) in [5.74, 6) is -0.542. The number of piperazine rings is 1. The second-order valence-corrected chi connectivity index (χ2v) is 5.90. The molecule has 1 fully saturated rings. The number of carbonyl (C=O) groups excluding carboxylic acids is 2. The van der Waals surface area contributed by atoms with Crippen LogP contribution in [0.4, 0.5) is 5.69 Å². The van der Waals surface area contributed by atoms with Gasteiger partial charge in [0, 0.05) is 28.9 Å². The van der Waals surface area contributed by atoms with Gasteiger partial charge in [-0.15, -0.1) is 0 Å². The van der Waals surface area contributed by atoms with Crippen molar-refractivity contribution in [1.82, 2.24) is 10.2 Å². The lowest BCUT2D eigenvalue weighted by Crippen LogP contribution is -2.58. The molecule has 7 heteroatoms. The molecular formula is C13H17IN4O2. The Morgan fingerprint density at radius 2 is 2.30 bits per heavy atom. The second-order valence-electron chi connectivity index (χ2n) is 4.65. The van der Waals surface area contributed by atoms with E-state index in [1.54, 1.807) is 0 Å². The van der Waals surface area contributed by atoms with Crippen molar-refractivity contribution in [2.45, 2.75) is 6.04 Å². The normalized spacial score (nSPS) is 19.6. The van der Waals surface area contributed by atoms with Crippen LogP contribution in [-0.2, 0) is 9.59 Å². The molecule has 0 radical (unpaired) electrons. The summed E-state index contributed by atoms with van der Waals surface area (Å²) in [7, 11) is 0. The molecule has 1 aromatic rings. The molecule has 4 N–H and O–H groups in total. The molecule has 1 saturated heterocycles. The van der Waals surface area contributed by atoms with Gasteiger partial charge in [0.15, 0.2) is 0 Å². The van der Waals surface area contributed by atoms with Gasteiger partial charge in [-0.2, -0.15) is 0 Å². The molecule has 2 rings (SSSR count). The van der Waals surface area contributed by atoms with Gasteiger partial charge in [0.2, 0.25) is 11.8 Å². The Hall–Kier alpha value is -1.19. The highest BCUT2D eigenvalue weighted by atomic mass is 127. The molecule has 0 saturated carbocycles. The summed E-state index contributed by atoms with van der Waals surface area (Å²) in [5.41, 5.74) is 6.11. The standard InChI is InChI=1S/C13H17IN4O2/c14-9-2-1-3-10(6-9)17-12(19)8-18-5-4-16-7-11(18)13(15)20/h1-3,6,11,16H,4-5,7-8H2,(H2,15,20)(H,17,19). The van der Waals surface area contributed by atoms with Gasteiger partial charge in [-0.25, -0.2) is 0 Å². The molecule has 0 spiro atoms. The molecule has 0 aliphatic carbocycles. The number of amides is 2. The maximum absolute atomic E-state index is 12.0. The molecule has 1 aromatic carbocycles. The van der Waals surface area contributed by atoms with Crippen molar-refractivity contribution in [3.05, 3.63) is 27.8 Å². The minimum absolute atomic E-state index is 0.139. The van der Waals surface area contributed by atoms with Crippen LogP contribution in [0.1, 0.15) is 0 Å². The Bertz CT molecular complexity index is 509. The summed E-state index contributed by atoms with van der Waals surface area (Å²) in [4.78, 5) is 25.2. The van der Waals surface area contributed by atoms with Crippen molar-refractivity contribution < 1.29 is 9.59 Å². The first-order chi connectivity index (χ1) is 9.56. The summed E-state index contributed by atoms with van der Waals surface area (Å²) in [6.45, 7) is 2.04. The van der Waals surface area contributed by atoms with Crippen molar-refractivity contribution in [3.63, 3.8) is 0 Å². The third-order valence-electron chi connectivity index (χ3n) is 3.14. The number of hydrogen-bond donors (Lipinski definition) is 3. The lowest BCUT2D eigenvalue weighted by molar-refractivity contribution is -0.125. The summed E-state index contributed by atoms with van der Waals surface area (Å²) >= 11 is 2.19. The largest absolute Gasteiger partial charge is 0.368 e. The number of primary amides is 1. The highest BCUT2D eigenvalue weighted by molar-refractivity contribution is 14.1. The van der Waals surface area contributed by atoms with Crippen molar-refractivity contribution in [2.75, 3.05) is 31.5 Å².